The molecule has 9 nitrogen and oxygen atoms in total. The van der Waals surface area contributed by atoms with Crippen LogP contribution < -0.4 is 15.4 Å². The van der Waals surface area contributed by atoms with Crippen molar-refractivity contribution in [2.45, 2.75) is 29.4 Å². The van der Waals surface area contributed by atoms with Crippen molar-refractivity contribution < 1.29 is 24.8 Å². The van der Waals surface area contributed by atoms with Gasteiger partial charge in [0.2, 0.25) is 11.8 Å². The van der Waals surface area contributed by atoms with Crippen LogP contribution >= 0.6 is 11.8 Å². The Kier molecular flexibility index (Phi) is 3.87. The average Bonchev–Trinajstić information content (AvgIpc) is 2.96. The topological polar surface area (TPSA) is 134 Å². The fraction of sp³-hybridized carbons (Fsp3) is 0.500. The highest BCUT2D eigenvalue weighted by Gasteiger charge is 2.49. The van der Waals surface area contributed by atoms with Gasteiger partial charge in [-0.05, 0) is 0 Å². The molecule has 22 heavy (non-hydrogen) atoms. The maximum absolute atomic E-state index is 10.2. The van der Waals surface area contributed by atoms with Crippen LogP contribution in [-0.2, 0) is 4.74 Å². The van der Waals surface area contributed by atoms with Crippen molar-refractivity contribution in [3.63, 3.8) is 0 Å². The van der Waals surface area contributed by atoms with E-state index in [0.29, 0.717) is 21.6 Å². The van der Waals surface area contributed by atoms with E-state index in [9.17, 15) is 15.3 Å². The van der Waals surface area contributed by atoms with Crippen LogP contribution in [0.25, 0.3) is 0 Å². The molecule has 1 saturated heterocycles. The van der Waals surface area contributed by atoms with Gasteiger partial charge >= 0.3 is 0 Å². The molecule has 3 rings (SSSR count). The molecule has 1 fully saturated rings. The highest BCUT2D eigenvalue weighted by atomic mass is 32.2. The minimum atomic E-state index is -1.23. The minimum absolute atomic E-state index is 0.00245. The fourth-order valence-corrected chi connectivity index (χ4v) is 3.44. The van der Waals surface area contributed by atoms with Crippen LogP contribution in [0.2, 0.25) is 0 Å². The van der Waals surface area contributed by atoms with Crippen LogP contribution in [0.5, 0.6) is 5.88 Å². The Morgan fingerprint density at radius 2 is 2.14 bits per heavy atom. The number of nitrogens with zero attached hydrogens (tertiary/aromatic N) is 3. The van der Waals surface area contributed by atoms with Crippen molar-refractivity contribution in [3.8, 4) is 5.88 Å². The summed E-state index contributed by atoms with van der Waals surface area (Å²) < 4.78 is 10.7. The minimum Gasteiger partial charge on any atom is -0.480 e. The predicted molar refractivity (Wildman–Crippen MR) is 78.2 cm³/mol. The number of hydrogen-bond donors (Lipinski definition) is 4. The molecule has 0 aromatic carbocycles. The Morgan fingerprint density at radius 1 is 1.41 bits per heavy atom. The van der Waals surface area contributed by atoms with Crippen molar-refractivity contribution in [1.29, 1.82) is 0 Å². The summed E-state index contributed by atoms with van der Waals surface area (Å²) in [6, 6.07) is 0. The van der Waals surface area contributed by atoms with E-state index in [1.165, 1.54) is 23.8 Å². The smallest absolute Gasteiger partial charge is 0.234 e. The van der Waals surface area contributed by atoms with Gasteiger partial charge in [-0.2, -0.15) is 9.97 Å². The van der Waals surface area contributed by atoms with Gasteiger partial charge < -0.3 is 30.5 Å². The number of nitrogens with two attached hydrogens (primary N) is 1. The summed E-state index contributed by atoms with van der Waals surface area (Å²) in [7, 11) is 1.46. The maximum Gasteiger partial charge on any atom is 0.234 e. The summed E-state index contributed by atoms with van der Waals surface area (Å²) in [5.41, 5.74) is 5.67. The summed E-state index contributed by atoms with van der Waals surface area (Å²) >= 11 is 1.25. The molecular weight excluding hydrogens is 312 g/mol. The third-order valence-electron chi connectivity index (χ3n) is 3.52. The van der Waals surface area contributed by atoms with E-state index < -0.39 is 31.1 Å². The quantitative estimate of drug-likeness (QED) is 0.541. The zero-order valence-electron chi connectivity index (χ0n) is 11.7. The zero-order valence-corrected chi connectivity index (χ0v) is 12.5. The Morgan fingerprint density at radius 3 is 2.73 bits per heavy atom. The van der Waals surface area contributed by atoms with Crippen molar-refractivity contribution in [2.24, 2.45) is 0 Å². The standard InChI is InChI=1S/C12H16N4O5S/c1-4-16(11-7(19)6(18)5(3-17)21-11)9-8(22-4)10(20-2)15-12(13)14-9/h5-7,11,17-19H,1,3H2,2H3,(H2,13,14,15)/t5-,6-,7-,11-/m1/s1. The number of methoxy groups -OCH3 is 1. The number of aliphatic hydroxyl groups excluding tert-OH is 3. The molecule has 1 aromatic rings. The Labute approximate surface area is 130 Å². The van der Waals surface area contributed by atoms with Crippen LogP contribution in [0.3, 0.4) is 0 Å². The van der Waals surface area contributed by atoms with Crippen molar-refractivity contribution in [1.82, 2.24) is 9.97 Å². The summed E-state index contributed by atoms with van der Waals surface area (Å²) in [5.74, 6) is 0.680. The lowest BCUT2D eigenvalue weighted by Crippen LogP contribution is -2.42. The second kappa shape index (κ2) is 5.56. The molecule has 0 amide bonds. The fourth-order valence-electron chi connectivity index (χ4n) is 2.47. The number of aromatic nitrogens is 2. The molecule has 2 aliphatic rings. The second-order valence-electron chi connectivity index (χ2n) is 4.84. The Hall–Kier alpha value is -1.59. The van der Waals surface area contributed by atoms with Gasteiger partial charge in [0.25, 0.3) is 0 Å². The molecule has 0 saturated carbocycles. The number of fused-ring (bicyclic) bond motifs is 1. The van der Waals surface area contributed by atoms with Crippen LogP contribution in [0, 0.1) is 0 Å². The number of thioether (sulfide) groups is 1. The van der Waals surface area contributed by atoms with Gasteiger partial charge in [-0.3, -0.25) is 4.90 Å². The number of hydrogen-bond acceptors (Lipinski definition) is 10. The Bertz CT molecular complexity index is 615. The molecule has 0 spiro atoms. The van der Waals surface area contributed by atoms with Gasteiger partial charge in [0, 0.05) is 0 Å². The van der Waals surface area contributed by atoms with Gasteiger partial charge in [-0.15, -0.1) is 0 Å². The van der Waals surface area contributed by atoms with Crippen LogP contribution in [0.15, 0.2) is 16.5 Å². The molecular formula is C12H16N4O5S. The van der Waals surface area contributed by atoms with Crippen LogP contribution in [0.4, 0.5) is 11.8 Å². The molecule has 5 N–H and O–H groups in total. The summed E-state index contributed by atoms with van der Waals surface area (Å²) in [6.07, 6.45) is -4.27. The van der Waals surface area contributed by atoms with Crippen molar-refractivity contribution in [2.75, 3.05) is 24.4 Å². The molecule has 120 valence electrons. The lowest BCUT2D eigenvalue weighted by molar-refractivity contribution is -0.0205. The third-order valence-corrected chi connectivity index (χ3v) is 4.51. The van der Waals surface area contributed by atoms with Crippen LogP contribution in [0.1, 0.15) is 0 Å². The first-order valence-electron chi connectivity index (χ1n) is 6.47. The zero-order chi connectivity index (χ0) is 16.0. The Balaban J connectivity index is 2.01. The van der Waals surface area contributed by atoms with Gasteiger partial charge in [0.05, 0.1) is 18.7 Å². The summed E-state index contributed by atoms with van der Waals surface area (Å²) in [5, 5.41) is 29.8. The van der Waals surface area contributed by atoms with Gasteiger partial charge in [0.1, 0.15) is 23.2 Å². The number of aliphatic hydroxyl groups is 3. The molecule has 3 heterocycles. The van der Waals surface area contributed by atoms with E-state index in [-0.39, 0.29) is 5.95 Å². The molecule has 2 aliphatic heterocycles. The monoisotopic (exact) mass is 328 g/mol. The van der Waals surface area contributed by atoms with Crippen molar-refractivity contribution >= 4 is 23.5 Å². The predicted octanol–water partition coefficient (Wildman–Crippen LogP) is -1.11. The van der Waals surface area contributed by atoms with Crippen molar-refractivity contribution in [3.05, 3.63) is 11.6 Å². The number of nitrogen functional groups attached to an aromatic ring is 1. The SMILES string of the molecule is C=C1Sc2c(OC)nc(N)nc2N1[C@@H]1O[C@H](CO)[C@@H](O)[C@H]1O. The van der Waals surface area contributed by atoms with E-state index in [1.807, 2.05) is 0 Å². The number of anilines is 2. The van der Waals surface area contributed by atoms with Gasteiger partial charge in [0.15, 0.2) is 12.0 Å². The van der Waals surface area contributed by atoms with E-state index in [0.717, 1.165) is 0 Å². The lowest BCUT2D eigenvalue weighted by Gasteiger charge is -2.27. The number of rotatable bonds is 3. The van der Waals surface area contributed by atoms with E-state index >= 15 is 0 Å². The maximum atomic E-state index is 10.2. The molecule has 0 bridgehead atoms. The van der Waals surface area contributed by atoms with E-state index in [1.54, 1.807) is 0 Å². The molecule has 1 aromatic heterocycles. The van der Waals surface area contributed by atoms with Crippen LogP contribution in [-0.4, -0.2) is 63.5 Å². The summed E-state index contributed by atoms with van der Waals surface area (Å²) in [6.45, 7) is 3.49. The van der Waals surface area contributed by atoms with E-state index in [4.69, 9.17) is 15.2 Å². The molecule has 4 atom stereocenters. The number of ether oxygens (including phenoxy) is 2. The molecule has 0 unspecified atom stereocenters. The first kappa shape index (κ1) is 15.3. The normalized spacial score (nSPS) is 30.7. The second-order valence-corrected chi connectivity index (χ2v) is 5.92. The first-order valence-corrected chi connectivity index (χ1v) is 7.29. The van der Waals surface area contributed by atoms with E-state index in [2.05, 4.69) is 16.5 Å². The van der Waals surface area contributed by atoms with Gasteiger partial charge in [-0.1, -0.05) is 18.3 Å². The lowest BCUT2D eigenvalue weighted by atomic mass is 10.1. The average molecular weight is 328 g/mol. The third kappa shape index (κ3) is 2.20. The molecule has 10 heteroatoms. The largest absolute Gasteiger partial charge is 0.480 e. The summed E-state index contributed by atoms with van der Waals surface area (Å²) in [4.78, 5) is 10.2. The highest BCUT2D eigenvalue weighted by molar-refractivity contribution is 8.03. The van der Waals surface area contributed by atoms with Gasteiger partial charge in [-0.25, -0.2) is 0 Å². The molecule has 0 radical (unpaired) electrons. The first-order chi connectivity index (χ1) is 10.5. The molecule has 0 aliphatic carbocycles. The highest BCUT2D eigenvalue weighted by Crippen LogP contribution is 2.50.